The van der Waals surface area contributed by atoms with Gasteiger partial charge >= 0.3 is 0 Å². The molecule has 0 atom stereocenters. The number of carbonyl (C=O) groups excluding carboxylic acids is 2. The van der Waals surface area contributed by atoms with Gasteiger partial charge in [0.15, 0.2) is 5.82 Å². The van der Waals surface area contributed by atoms with E-state index >= 15 is 4.39 Å². The van der Waals surface area contributed by atoms with Crippen molar-refractivity contribution in [2.45, 2.75) is 26.2 Å². The van der Waals surface area contributed by atoms with Gasteiger partial charge in [0.2, 0.25) is 5.91 Å². The smallest absolute Gasteiger partial charge is 0.270 e. The topological polar surface area (TPSA) is 137 Å². The van der Waals surface area contributed by atoms with Gasteiger partial charge in [-0.2, -0.15) is 0 Å². The number of rotatable bonds is 10. The van der Waals surface area contributed by atoms with Gasteiger partial charge < -0.3 is 35.2 Å². The Labute approximate surface area is 285 Å². The van der Waals surface area contributed by atoms with Crippen LogP contribution in [0.15, 0.2) is 73.3 Å². The molecule has 0 unspecified atom stereocenters. The van der Waals surface area contributed by atoms with Crippen molar-refractivity contribution in [3.05, 3.63) is 96.0 Å². The number of amides is 2. The van der Waals surface area contributed by atoms with Crippen LogP contribution in [0.5, 0.6) is 5.75 Å². The quantitative estimate of drug-likeness (QED) is 0.166. The molecule has 6 rings (SSSR count). The van der Waals surface area contributed by atoms with E-state index in [1.54, 1.807) is 35.4 Å². The Balaban J connectivity index is 1.31. The number of aromatic nitrogens is 2. The summed E-state index contributed by atoms with van der Waals surface area (Å²) in [6.45, 7) is 5.47. The summed E-state index contributed by atoms with van der Waals surface area (Å²) in [6.07, 6.45) is 9.89. The van der Waals surface area contributed by atoms with Gasteiger partial charge in [-0.1, -0.05) is 25.1 Å². The zero-order valence-corrected chi connectivity index (χ0v) is 28.0. The van der Waals surface area contributed by atoms with E-state index in [0.717, 1.165) is 34.5 Å². The number of aryl methyl sites for hydroxylation is 1. The number of benzene rings is 2. The lowest BCUT2D eigenvalue weighted by Crippen LogP contribution is -2.49. The highest BCUT2D eigenvalue weighted by molar-refractivity contribution is 6.05. The van der Waals surface area contributed by atoms with Gasteiger partial charge in [0, 0.05) is 93.5 Å². The summed E-state index contributed by atoms with van der Waals surface area (Å²) in [5, 5.41) is 1.97. The minimum Gasteiger partial charge on any atom is -0.495 e. The number of nitrogens with zero attached hydrogens (tertiary/aromatic N) is 5. The number of H-pyrrole nitrogens is 1. The number of hydrazine groups is 1. The van der Waals surface area contributed by atoms with Gasteiger partial charge in [0.05, 0.1) is 18.3 Å². The van der Waals surface area contributed by atoms with E-state index in [9.17, 15) is 9.59 Å². The van der Waals surface area contributed by atoms with Gasteiger partial charge in [-0.25, -0.2) is 10.2 Å². The minimum absolute atomic E-state index is 0.0766. The van der Waals surface area contributed by atoms with Crippen LogP contribution in [-0.2, 0) is 11.2 Å². The third kappa shape index (κ3) is 6.95. The third-order valence-electron chi connectivity index (χ3n) is 9.37. The van der Waals surface area contributed by atoms with Crippen molar-refractivity contribution in [3.8, 4) is 16.9 Å². The average Bonchev–Trinajstić information content (AvgIpc) is 3.60. The number of aromatic amines is 1. The van der Waals surface area contributed by atoms with E-state index < -0.39 is 5.82 Å². The van der Waals surface area contributed by atoms with Gasteiger partial charge in [0.1, 0.15) is 11.4 Å². The molecule has 2 aliphatic rings. The lowest BCUT2D eigenvalue weighted by Gasteiger charge is -2.36. The number of nitrogens with one attached hydrogen (secondary N) is 1. The molecule has 5 N–H and O–H groups in total. The van der Waals surface area contributed by atoms with Crippen LogP contribution in [-0.4, -0.2) is 89.5 Å². The molecule has 0 saturated carbocycles. The molecule has 2 aromatic heterocycles. The molecule has 4 heterocycles. The predicted molar refractivity (Wildman–Crippen MR) is 190 cm³/mol. The number of hydrogen-bond acceptors (Lipinski definition) is 8. The Hall–Kier alpha value is -5.36. The average molecular weight is 667 g/mol. The fourth-order valence-electron chi connectivity index (χ4n) is 6.74. The summed E-state index contributed by atoms with van der Waals surface area (Å²) >= 11 is 0. The molecule has 0 bridgehead atoms. The first-order chi connectivity index (χ1) is 23.8. The number of hydrogen-bond donors (Lipinski definition) is 3. The predicted octanol–water partition coefficient (Wildman–Crippen LogP) is 4.51. The number of pyridine rings is 1. The highest BCUT2D eigenvalue weighted by Crippen LogP contribution is 2.38. The second-order valence-corrected chi connectivity index (χ2v) is 12.3. The molecule has 0 spiro atoms. The van der Waals surface area contributed by atoms with E-state index in [-0.39, 0.29) is 30.3 Å². The van der Waals surface area contributed by atoms with Crippen LogP contribution in [0.2, 0.25) is 0 Å². The Morgan fingerprint density at radius 2 is 1.86 bits per heavy atom. The molecular formula is C37H43FN8O3. The number of carbonyl (C=O) groups is 2. The van der Waals surface area contributed by atoms with Crippen LogP contribution in [0.4, 0.5) is 10.1 Å². The molecule has 12 heteroatoms. The summed E-state index contributed by atoms with van der Waals surface area (Å²) in [5.41, 5.74) is 10.8. The highest BCUT2D eigenvalue weighted by Gasteiger charge is 2.28. The van der Waals surface area contributed by atoms with Crippen molar-refractivity contribution in [1.82, 2.24) is 24.8 Å². The maximum atomic E-state index is 16.7. The van der Waals surface area contributed by atoms with E-state index in [4.69, 9.17) is 16.3 Å². The van der Waals surface area contributed by atoms with Crippen molar-refractivity contribution in [1.29, 1.82) is 0 Å². The van der Waals surface area contributed by atoms with Gasteiger partial charge in [-0.3, -0.25) is 14.6 Å². The molecule has 256 valence electrons. The second kappa shape index (κ2) is 14.8. The van der Waals surface area contributed by atoms with Crippen LogP contribution in [0.25, 0.3) is 27.6 Å². The van der Waals surface area contributed by atoms with E-state index in [1.165, 1.54) is 17.4 Å². The Morgan fingerprint density at radius 3 is 2.61 bits per heavy atom. The number of halogens is 1. The van der Waals surface area contributed by atoms with Crippen molar-refractivity contribution in [3.63, 3.8) is 0 Å². The molecule has 4 aromatic rings. The maximum Gasteiger partial charge on any atom is 0.270 e. The lowest BCUT2D eigenvalue weighted by atomic mass is 9.91. The number of para-hydroxylation sites is 2. The van der Waals surface area contributed by atoms with Crippen molar-refractivity contribution in [2.75, 3.05) is 57.8 Å². The SMILES string of the molecule is CCc1ccncc1-c1cc(C2=CCCN(C(=O)CCN(N)/C=C\N)C2)c(F)c2[nH]c(C(=O)N3CCN(c4ccccc4OC)CC3)cc12. The van der Waals surface area contributed by atoms with Crippen LogP contribution in [0.3, 0.4) is 0 Å². The van der Waals surface area contributed by atoms with Crippen LogP contribution in [0, 0.1) is 5.82 Å². The lowest BCUT2D eigenvalue weighted by molar-refractivity contribution is -0.130. The molecule has 2 aromatic carbocycles. The molecule has 1 fully saturated rings. The fourth-order valence-corrected chi connectivity index (χ4v) is 6.74. The van der Waals surface area contributed by atoms with Crippen LogP contribution in [0.1, 0.15) is 41.4 Å². The number of piperazine rings is 1. The van der Waals surface area contributed by atoms with E-state index in [0.29, 0.717) is 67.9 Å². The van der Waals surface area contributed by atoms with Crippen molar-refractivity contribution >= 4 is 34.0 Å². The standard InChI is InChI=1S/C37H43FN8O3/c1-3-25-10-13-41-23-30(25)28-21-27(26-7-6-14-45(24-26)34(47)11-15-46(40)16-12-39)35(38)36-29(28)22-31(42-36)37(48)44-19-17-43(18-20-44)32-8-4-5-9-33(32)49-2/h4-5,7-10,12-13,16,21-23,42H,3,6,11,14-15,17-20,24,39-40H2,1-2H3/b16-12-. The summed E-state index contributed by atoms with van der Waals surface area (Å²) in [6, 6.07) is 13.4. The molecule has 0 aliphatic carbocycles. The Morgan fingerprint density at radius 1 is 1.06 bits per heavy atom. The normalized spacial score (nSPS) is 15.2. The number of methoxy groups -OCH3 is 1. The Kier molecular flexibility index (Phi) is 10.1. The summed E-state index contributed by atoms with van der Waals surface area (Å²) in [5.74, 6) is 5.93. The summed E-state index contributed by atoms with van der Waals surface area (Å²) in [4.78, 5) is 40.3. The third-order valence-corrected chi connectivity index (χ3v) is 9.37. The van der Waals surface area contributed by atoms with Gasteiger partial charge in [0.25, 0.3) is 5.91 Å². The molecule has 49 heavy (non-hydrogen) atoms. The summed E-state index contributed by atoms with van der Waals surface area (Å²) in [7, 11) is 1.65. The molecular weight excluding hydrogens is 623 g/mol. The number of ether oxygens (including phenoxy) is 1. The highest BCUT2D eigenvalue weighted by atomic mass is 19.1. The summed E-state index contributed by atoms with van der Waals surface area (Å²) < 4.78 is 22.2. The zero-order valence-electron chi connectivity index (χ0n) is 28.0. The number of fused-ring (bicyclic) bond motifs is 1. The second-order valence-electron chi connectivity index (χ2n) is 12.3. The molecule has 0 radical (unpaired) electrons. The molecule has 1 saturated heterocycles. The fraction of sp³-hybridized carbons (Fsp3) is 0.324. The largest absolute Gasteiger partial charge is 0.495 e. The number of nitrogens with two attached hydrogens (primary N) is 2. The zero-order chi connectivity index (χ0) is 34.5. The first-order valence-electron chi connectivity index (χ1n) is 16.7. The Bertz CT molecular complexity index is 1900. The van der Waals surface area contributed by atoms with Crippen LogP contribution >= 0.6 is 0 Å². The van der Waals surface area contributed by atoms with Crippen LogP contribution < -0.4 is 21.2 Å². The molecule has 2 aliphatic heterocycles. The van der Waals surface area contributed by atoms with Crippen molar-refractivity contribution < 1.29 is 18.7 Å². The minimum atomic E-state index is -0.456. The van der Waals surface area contributed by atoms with E-state index in [1.807, 2.05) is 42.5 Å². The van der Waals surface area contributed by atoms with Gasteiger partial charge in [-0.15, -0.1) is 0 Å². The first kappa shape index (κ1) is 33.5. The monoisotopic (exact) mass is 666 g/mol. The maximum absolute atomic E-state index is 16.7. The molecule has 11 nitrogen and oxygen atoms in total. The van der Waals surface area contributed by atoms with Gasteiger partial charge in [-0.05, 0) is 59.9 Å². The number of anilines is 1. The first-order valence-corrected chi connectivity index (χ1v) is 16.7. The molecule has 2 amide bonds. The van der Waals surface area contributed by atoms with Crippen molar-refractivity contribution in [2.24, 2.45) is 11.6 Å². The van der Waals surface area contributed by atoms with E-state index in [2.05, 4.69) is 21.8 Å².